The van der Waals surface area contributed by atoms with Gasteiger partial charge in [-0.25, -0.2) is 0 Å². The van der Waals surface area contributed by atoms with Gasteiger partial charge in [-0.1, -0.05) is 12.1 Å². The van der Waals surface area contributed by atoms with E-state index in [1.807, 2.05) is 0 Å². The van der Waals surface area contributed by atoms with Crippen molar-refractivity contribution in [3.63, 3.8) is 0 Å². The van der Waals surface area contributed by atoms with Gasteiger partial charge in [0.15, 0.2) is 11.8 Å². The summed E-state index contributed by atoms with van der Waals surface area (Å²) in [4.78, 5) is 5.62. The Kier molecular flexibility index (Phi) is 8.20. The molecule has 0 unspecified atom stereocenters. The molecule has 2 aromatic rings. The molecule has 2 heterocycles. The zero-order chi connectivity index (χ0) is 17.6. The molecule has 1 aliphatic heterocycles. The predicted molar refractivity (Wildman–Crippen MR) is 118 cm³/mol. The third-order valence-corrected chi connectivity index (χ3v) is 5.28. The number of nitrogens with zero attached hydrogens (tertiary/aromatic N) is 4. The summed E-state index contributed by atoms with van der Waals surface area (Å²) in [6.07, 6.45) is 5.56. The largest absolute Gasteiger partial charge is 0.352 e. The van der Waals surface area contributed by atoms with E-state index in [1.165, 1.54) is 28.9 Å². The third-order valence-electron chi connectivity index (χ3n) is 4.46. The number of nitrogens with one attached hydrogen (secondary N) is 2. The lowest BCUT2D eigenvalue weighted by Crippen LogP contribution is -2.37. The molecule has 0 saturated carbocycles. The molecular weight excluding hydrogens is 459 g/mol. The minimum absolute atomic E-state index is 0. The van der Waals surface area contributed by atoms with Crippen LogP contribution in [0.1, 0.15) is 35.6 Å². The first-order chi connectivity index (χ1) is 12.2. The lowest BCUT2D eigenvalue weighted by Gasteiger charge is -2.16. The van der Waals surface area contributed by atoms with Crippen molar-refractivity contribution >= 4 is 41.7 Å². The number of fused-ring (bicyclic) bond motifs is 1. The van der Waals surface area contributed by atoms with Crippen LogP contribution in [0.5, 0.6) is 0 Å². The molecular formula is C18H27IN6S. The standard InChI is InChI=1S/C18H26N6S.HI/c1-13-7-8-14(15(10-13)25-3)11-20-18(19-2)21-12-17-23-22-16-6-4-5-9-24(16)17;/h7-8,10H,4-6,9,11-12H2,1-3H3,(H2,19,20,21);1H. The molecule has 0 bridgehead atoms. The highest BCUT2D eigenvalue weighted by atomic mass is 127. The summed E-state index contributed by atoms with van der Waals surface area (Å²) in [7, 11) is 1.79. The quantitative estimate of drug-likeness (QED) is 0.294. The Morgan fingerprint density at radius 2 is 2.04 bits per heavy atom. The van der Waals surface area contributed by atoms with Crippen LogP contribution >= 0.6 is 35.7 Å². The molecule has 1 aromatic carbocycles. The van der Waals surface area contributed by atoms with Gasteiger partial charge in [0.05, 0.1) is 6.54 Å². The molecule has 6 nitrogen and oxygen atoms in total. The molecule has 3 rings (SSSR count). The lowest BCUT2D eigenvalue weighted by atomic mass is 10.1. The topological polar surface area (TPSA) is 67.1 Å². The Morgan fingerprint density at radius 3 is 2.81 bits per heavy atom. The minimum atomic E-state index is 0. The van der Waals surface area contributed by atoms with Gasteiger partial charge < -0.3 is 15.2 Å². The van der Waals surface area contributed by atoms with Crippen molar-refractivity contribution in [2.24, 2.45) is 4.99 Å². The molecule has 0 spiro atoms. The normalized spacial score (nSPS) is 13.7. The fourth-order valence-corrected chi connectivity index (χ4v) is 3.77. The monoisotopic (exact) mass is 486 g/mol. The number of rotatable bonds is 5. The zero-order valence-electron chi connectivity index (χ0n) is 15.6. The van der Waals surface area contributed by atoms with E-state index in [4.69, 9.17) is 0 Å². The smallest absolute Gasteiger partial charge is 0.191 e. The van der Waals surface area contributed by atoms with Crippen molar-refractivity contribution in [1.29, 1.82) is 0 Å². The first-order valence-electron chi connectivity index (χ1n) is 8.70. The second-order valence-corrected chi connectivity index (χ2v) is 7.08. The molecule has 0 saturated heterocycles. The second-order valence-electron chi connectivity index (χ2n) is 6.24. The maximum Gasteiger partial charge on any atom is 0.191 e. The van der Waals surface area contributed by atoms with Crippen molar-refractivity contribution in [3.05, 3.63) is 41.0 Å². The third kappa shape index (κ3) is 5.12. The van der Waals surface area contributed by atoms with Crippen molar-refractivity contribution in [3.8, 4) is 0 Å². The Labute approximate surface area is 176 Å². The number of benzene rings is 1. The van der Waals surface area contributed by atoms with Crippen molar-refractivity contribution in [1.82, 2.24) is 25.4 Å². The van der Waals surface area contributed by atoms with Crippen molar-refractivity contribution in [2.45, 2.75) is 50.7 Å². The van der Waals surface area contributed by atoms with E-state index >= 15 is 0 Å². The van der Waals surface area contributed by atoms with E-state index in [2.05, 4.69) is 61.8 Å². The zero-order valence-corrected chi connectivity index (χ0v) is 18.7. The number of halogens is 1. The number of hydrogen-bond donors (Lipinski definition) is 2. The molecule has 8 heteroatoms. The van der Waals surface area contributed by atoms with Gasteiger partial charge in [0.1, 0.15) is 5.82 Å². The Balaban J connectivity index is 0.00000243. The van der Waals surface area contributed by atoms with E-state index in [9.17, 15) is 0 Å². The number of aryl methyl sites for hydroxylation is 2. The van der Waals surface area contributed by atoms with E-state index < -0.39 is 0 Å². The predicted octanol–water partition coefficient (Wildman–Crippen LogP) is 3.13. The van der Waals surface area contributed by atoms with Crippen LogP contribution in [0.2, 0.25) is 0 Å². The molecule has 142 valence electrons. The van der Waals surface area contributed by atoms with E-state index in [1.54, 1.807) is 18.8 Å². The molecule has 0 amide bonds. The Bertz CT molecular complexity index is 758. The van der Waals surface area contributed by atoms with Gasteiger partial charge in [-0.3, -0.25) is 4.99 Å². The number of aliphatic imine (C=N–C) groups is 1. The number of aromatic nitrogens is 3. The Hall–Kier alpha value is -1.29. The van der Waals surface area contributed by atoms with E-state index in [0.29, 0.717) is 6.54 Å². The van der Waals surface area contributed by atoms with Gasteiger partial charge in [-0.05, 0) is 43.2 Å². The number of thioether (sulfide) groups is 1. The average molecular weight is 486 g/mol. The van der Waals surface area contributed by atoms with Gasteiger partial charge in [0.25, 0.3) is 0 Å². The van der Waals surface area contributed by atoms with Crippen molar-refractivity contribution in [2.75, 3.05) is 13.3 Å². The van der Waals surface area contributed by atoms with Crippen LogP contribution in [0.25, 0.3) is 0 Å². The van der Waals surface area contributed by atoms with Gasteiger partial charge in [-0.2, -0.15) is 0 Å². The van der Waals surface area contributed by atoms with E-state index in [-0.39, 0.29) is 24.0 Å². The Morgan fingerprint density at radius 1 is 1.23 bits per heavy atom. The van der Waals surface area contributed by atoms with Crippen LogP contribution in [-0.4, -0.2) is 34.0 Å². The van der Waals surface area contributed by atoms with Crippen molar-refractivity contribution < 1.29 is 0 Å². The molecule has 0 atom stereocenters. The van der Waals surface area contributed by atoms with Gasteiger partial charge in [0, 0.05) is 31.5 Å². The molecule has 1 aliphatic rings. The highest BCUT2D eigenvalue weighted by Crippen LogP contribution is 2.21. The van der Waals surface area contributed by atoms with Crippen LogP contribution in [-0.2, 0) is 26.1 Å². The summed E-state index contributed by atoms with van der Waals surface area (Å²) in [6.45, 7) is 4.52. The maximum absolute atomic E-state index is 4.32. The molecule has 26 heavy (non-hydrogen) atoms. The van der Waals surface area contributed by atoms with Crippen LogP contribution in [0.3, 0.4) is 0 Å². The summed E-state index contributed by atoms with van der Waals surface area (Å²) < 4.78 is 2.23. The number of hydrogen-bond acceptors (Lipinski definition) is 4. The van der Waals surface area contributed by atoms with Gasteiger partial charge in [-0.15, -0.1) is 45.9 Å². The molecule has 1 aromatic heterocycles. The summed E-state index contributed by atoms with van der Waals surface area (Å²) in [5.41, 5.74) is 2.56. The van der Waals surface area contributed by atoms with Crippen LogP contribution in [0.15, 0.2) is 28.1 Å². The summed E-state index contributed by atoms with van der Waals surface area (Å²) in [6, 6.07) is 6.55. The van der Waals surface area contributed by atoms with Crippen LogP contribution in [0, 0.1) is 6.92 Å². The second kappa shape index (κ2) is 10.1. The average Bonchev–Trinajstić information content (AvgIpc) is 3.06. The summed E-state index contributed by atoms with van der Waals surface area (Å²) in [5.74, 6) is 2.87. The van der Waals surface area contributed by atoms with Crippen LogP contribution in [0.4, 0.5) is 0 Å². The fourth-order valence-electron chi connectivity index (χ4n) is 3.06. The SMILES string of the molecule is CN=C(NCc1ccc(C)cc1SC)NCc1nnc2n1CCCC2.I. The minimum Gasteiger partial charge on any atom is -0.352 e. The molecule has 0 radical (unpaired) electrons. The highest BCUT2D eigenvalue weighted by Gasteiger charge is 2.15. The highest BCUT2D eigenvalue weighted by molar-refractivity contribution is 14.0. The molecule has 2 N–H and O–H groups in total. The lowest BCUT2D eigenvalue weighted by molar-refractivity contribution is 0.504. The first kappa shape index (κ1) is 21.0. The summed E-state index contributed by atoms with van der Waals surface area (Å²) >= 11 is 1.77. The van der Waals surface area contributed by atoms with Gasteiger partial charge in [0.2, 0.25) is 0 Å². The molecule has 0 fully saturated rings. The molecule has 0 aliphatic carbocycles. The van der Waals surface area contributed by atoms with E-state index in [0.717, 1.165) is 37.1 Å². The maximum atomic E-state index is 4.32. The van der Waals surface area contributed by atoms with Crippen LogP contribution < -0.4 is 10.6 Å². The first-order valence-corrected chi connectivity index (χ1v) is 9.92. The summed E-state index contributed by atoms with van der Waals surface area (Å²) in [5, 5.41) is 15.4. The number of guanidine groups is 1. The fraction of sp³-hybridized carbons (Fsp3) is 0.500. The van der Waals surface area contributed by atoms with Gasteiger partial charge >= 0.3 is 0 Å².